The average Bonchev–Trinajstić information content (AvgIpc) is 2.52. The molecule has 1 rings (SSSR count). The summed E-state index contributed by atoms with van der Waals surface area (Å²) < 4.78 is 10.5. The lowest BCUT2D eigenvalue weighted by molar-refractivity contribution is -0.155. The Morgan fingerprint density at radius 1 is 0.857 bits per heavy atom. The first kappa shape index (κ1) is 18.0. The maximum Gasteiger partial charge on any atom is 0.308 e. The van der Waals surface area contributed by atoms with Crippen LogP contribution in [0.5, 0.6) is 0 Å². The van der Waals surface area contributed by atoms with Crippen LogP contribution in [-0.2, 0) is 19.1 Å². The molecule has 1 aliphatic rings. The first-order valence-electron chi connectivity index (χ1n) is 8.52. The molecule has 1 fully saturated rings. The van der Waals surface area contributed by atoms with Crippen molar-refractivity contribution in [3.63, 3.8) is 0 Å². The second-order valence-electron chi connectivity index (χ2n) is 5.96. The van der Waals surface area contributed by atoms with Crippen molar-refractivity contribution >= 4 is 11.9 Å². The van der Waals surface area contributed by atoms with Crippen LogP contribution in [0.1, 0.15) is 71.6 Å². The fraction of sp³-hybridized carbons (Fsp3) is 0.882. The second kappa shape index (κ2) is 10.6. The van der Waals surface area contributed by atoms with Crippen molar-refractivity contribution in [2.24, 2.45) is 11.8 Å². The smallest absolute Gasteiger partial charge is 0.308 e. The van der Waals surface area contributed by atoms with Crippen molar-refractivity contribution < 1.29 is 19.1 Å². The lowest BCUT2D eigenvalue weighted by Crippen LogP contribution is -2.30. The molecule has 0 aromatic rings. The highest BCUT2D eigenvalue weighted by Gasteiger charge is 2.32. The summed E-state index contributed by atoms with van der Waals surface area (Å²) in [6.45, 7) is 5.13. The number of hydrogen-bond donors (Lipinski definition) is 0. The summed E-state index contributed by atoms with van der Waals surface area (Å²) in [5.74, 6) is -0.510. The fourth-order valence-electron chi connectivity index (χ4n) is 2.76. The first-order valence-corrected chi connectivity index (χ1v) is 8.52. The van der Waals surface area contributed by atoms with E-state index in [1.807, 2.05) is 6.92 Å². The number of unbranched alkanes of at least 4 members (excludes halogenated alkanes) is 3. The van der Waals surface area contributed by atoms with Gasteiger partial charge in [-0.25, -0.2) is 0 Å². The molecule has 0 saturated heterocycles. The van der Waals surface area contributed by atoms with Gasteiger partial charge in [-0.15, -0.1) is 0 Å². The highest BCUT2D eigenvalue weighted by atomic mass is 16.5. The third-order valence-corrected chi connectivity index (χ3v) is 4.03. The molecule has 21 heavy (non-hydrogen) atoms. The zero-order valence-corrected chi connectivity index (χ0v) is 13.6. The Bertz CT molecular complexity index is 314. The Morgan fingerprint density at radius 3 is 2.05 bits per heavy atom. The summed E-state index contributed by atoms with van der Waals surface area (Å²) in [5, 5.41) is 0. The van der Waals surface area contributed by atoms with Crippen LogP contribution < -0.4 is 0 Å². The van der Waals surface area contributed by atoms with Crippen LogP contribution in [0, 0.1) is 11.8 Å². The van der Waals surface area contributed by atoms with Gasteiger partial charge in [0.25, 0.3) is 0 Å². The Morgan fingerprint density at radius 2 is 1.48 bits per heavy atom. The molecule has 1 aliphatic carbocycles. The third-order valence-electron chi connectivity index (χ3n) is 4.03. The number of ether oxygens (including phenoxy) is 2. The summed E-state index contributed by atoms with van der Waals surface area (Å²) >= 11 is 0. The Hall–Kier alpha value is -1.06. The number of hydrogen-bond acceptors (Lipinski definition) is 4. The lowest BCUT2D eigenvalue weighted by Gasteiger charge is -2.26. The van der Waals surface area contributed by atoms with Gasteiger partial charge in [0.2, 0.25) is 0 Å². The van der Waals surface area contributed by atoms with Crippen molar-refractivity contribution in [3.05, 3.63) is 0 Å². The van der Waals surface area contributed by atoms with Crippen molar-refractivity contribution in [1.82, 2.24) is 0 Å². The number of esters is 2. The molecule has 0 bridgehead atoms. The van der Waals surface area contributed by atoms with Crippen LogP contribution in [0.4, 0.5) is 0 Å². The minimum Gasteiger partial charge on any atom is -0.465 e. The van der Waals surface area contributed by atoms with Gasteiger partial charge in [-0.05, 0) is 32.1 Å². The summed E-state index contributed by atoms with van der Waals surface area (Å²) in [6, 6.07) is 0. The van der Waals surface area contributed by atoms with Gasteiger partial charge in [0.05, 0.1) is 25.0 Å². The van der Waals surface area contributed by atoms with E-state index < -0.39 is 0 Å². The number of carbonyl (C=O) groups excluding carboxylic acids is 2. The molecular formula is C17H30O4. The molecule has 122 valence electrons. The van der Waals surface area contributed by atoms with Crippen LogP contribution >= 0.6 is 0 Å². The summed E-state index contributed by atoms with van der Waals surface area (Å²) in [5.41, 5.74) is 0. The largest absolute Gasteiger partial charge is 0.465 e. The molecule has 0 heterocycles. The average molecular weight is 298 g/mol. The van der Waals surface area contributed by atoms with E-state index in [1.165, 1.54) is 12.8 Å². The highest BCUT2D eigenvalue weighted by Crippen LogP contribution is 2.30. The van der Waals surface area contributed by atoms with E-state index in [-0.39, 0.29) is 23.8 Å². The fourth-order valence-corrected chi connectivity index (χ4v) is 2.76. The first-order chi connectivity index (χ1) is 10.2. The quantitative estimate of drug-likeness (QED) is 0.479. The van der Waals surface area contributed by atoms with E-state index in [0.29, 0.717) is 19.6 Å². The van der Waals surface area contributed by atoms with Crippen LogP contribution in [0.2, 0.25) is 0 Å². The summed E-state index contributed by atoms with van der Waals surface area (Å²) in [7, 11) is 0. The lowest BCUT2D eigenvalue weighted by atomic mass is 9.81. The highest BCUT2D eigenvalue weighted by molar-refractivity contribution is 5.76. The van der Waals surface area contributed by atoms with Crippen molar-refractivity contribution in [2.75, 3.05) is 13.2 Å². The number of rotatable bonds is 9. The van der Waals surface area contributed by atoms with E-state index in [0.717, 1.165) is 38.5 Å². The van der Waals surface area contributed by atoms with Gasteiger partial charge in [0.15, 0.2) is 0 Å². The Labute approximate surface area is 128 Å². The topological polar surface area (TPSA) is 52.6 Å². The van der Waals surface area contributed by atoms with E-state index in [9.17, 15) is 9.59 Å². The van der Waals surface area contributed by atoms with E-state index >= 15 is 0 Å². The monoisotopic (exact) mass is 298 g/mol. The van der Waals surface area contributed by atoms with Gasteiger partial charge in [0.1, 0.15) is 0 Å². The Kier molecular flexibility index (Phi) is 9.11. The molecule has 0 N–H and O–H groups in total. The van der Waals surface area contributed by atoms with Crippen LogP contribution in [-0.4, -0.2) is 25.2 Å². The van der Waals surface area contributed by atoms with E-state index in [1.54, 1.807) is 0 Å². The Balaban J connectivity index is 2.27. The molecular weight excluding hydrogens is 268 g/mol. The predicted molar refractivity (Wildman–Crippen MR) is 81.8 cm³/mol. The standard InChI is InChI=1S/C17H30O4/c1-3-5-6-7-12-21-17(19)15-10-8-9-14(13-15)16(18)20-11-4-2/h14-15H,3-13H2,1-2H3. The zero-order valence-electron chi connectivity index (χ0n) is 13.6. The molecule has 0 aromatic heterocycles. The van der Waals surface area contributed by atoms with E-state index in [2.05, 4.69) is 6.92 Å². The zero-order chi connectivity index (χ0) is 15.5. The van der Waals surface area contributed by atoms with E-state index in [4.69, 9.17) is 9.47 Å². The molecule has 0 radical (unpaired) electrons. The molecule has 4 nitrogen and oxygen atoms in total. The normalized spacial score (nSPS) is 21.8. The van der Waals surface area contributed by atoms with Gasteiger partial charge in [-0.2, -0.15) is 0 Å². The minimum atomic E-state index is -0.141. The van der Waals surface area contributed by atoms with Crippen molar-refractivity contribution in [1.29, 1.82) is 0 Å². The summed E-state index contributed by atoms with van der Waals surface area (Å²) in [4.78, 5) is 23.9. The second-order valence-corrected chi connectivity index (χ2v) is 5.96. The molecule has 0 aliphatic heterocycles. The molecule has 0 amide bonds. The van der Waals surface area contributed by atoms with Gasteiger partial charge in [-0.1, -0.05) is 39.5 Å². The molecule has 2 unspecified atom stereocenters. The SMILES string of the molecule is CCCCCCOC(=O)C1CCCC(C(=O)OCCC)C1. The third kappa shape index (κ3) is 6.96. The van der Waals surface area contributed by atoms with Gasteiger partial charge < -0.3 is 9.47 Å². The maximum absolute atomic E-state index is 12.0. The van der Waals surface area contributed by atoms with Crippen molar-refractivity contribution in [2.45, 2.75) is 71.6 Å². The van der Waals surface area contributed by atoms with Crippen LogP contribution in [0.25, 0.3) is 0 Å². The van der Waals surface area contributed by atoms with Crippen LogP contribution in [0.15, 0.2) is 0 Å². The molecule has 4 heteroatoms. The van der Waals surface area contributed by atoms with Gasteiger partial charge in [0, 0.05) is 0 Å². The minimum absolute atomic E-state index is 0.121. The predicted octanol–water partition coefficient (Wildman–Crippen LogP) is 3.87. The van der Waals surface area contributed by atoms with Crippen LogP contribution in [0.3, 0.4) is 0 Å². The molecule has 1 saturated carbocycles. The van der Waals surface area contributed by atoms with Gasteiger partial charge >= 0.3 is 11.9 Å². The van der Waals surface area contributed by atoms with Crippen molar-refractivity contribution in [3.8, 4) is 0 Å². The molecule has 0 spiro atoms. The summed E-state index contributed by atoms with van der Waals surface area (Å²) in [6.07, 6.45) is 8.42. The molecule has 0 aromatic carbocycles. The maximum atomic E-state index is 12.0. The molecule has 2 atom stereocenters. The number of carbonyl (C=O) groups is 2. The van der Waals surface area contributed by atoms with Gasteiger partial charge in [-0.3, -0.25) is 9.59 Å².